The number of nitrogen functional groups attached to an aromatic ring is 1. The molecule has 27 heavy (non-hydrogen) atoms. The molecule has 0 amide bonds. The number of ether oxygens (including phenoxy) is 1. The highest BCUT2D eigenvalue weighted by molar-refractivity contribution is 5.84. The summed E-state index contributed by atoms with van der Waals surface area (Å²) in [6.45, 7) is 2.91. The fourth-order valence-electron chi connectivity index (χ4n) is 3.49. The van der Waals surface area contributed by atoms with Crippen molar-refractivity contribution in [1.29, 1.82) is 0 Å². The standard InChI is InChI=1S/C18H17F3N4O2/c1-8-2-9(18(19,20)21)3-14(26)15(8)12-4-23-13(17(22)25-12)5-24-16-10-6-27-7-11(10)16/h2-5,10-11,16,26H,6-7H2,1H3,(H2,22,25). The first-order valence-corrected chi connectivity index (χ1v) is 8.40. The molecule has 0 spiro atoms. The van der Waals surface area contributed by atoms with Crippen LogP contribution in [0, 0.1) is 18.8 Å². The Balaban J connectivity index is 1.60. The van der Waals surface area contributed by atoms with Crippen molar-refractivity contribution in [2.45, 2.75) is 19.1 Å². The fraction of sp³-hybridized carbons (Fsp3) is 0.389. The number of benzene rings is 1. The predicted molar refractivity (Wildman–Crippen MR) is 92.5 cm³/mol. The second-order valence-electron chi connectivity index (χ2n) is 6.84. The third-order valence-corrected chi connectivity index (χ3v) is 5.00. The van der Waals surface area contributed by atoms with E-state index in [9.17, 15) is 18.3 Å². The van der Waals surface area contributed by atoms with Crippen LogP contribution in [0.3, 0.4) is 0 Å². The number of phenols is 1. The van der Waals surface area contributed by atoms with E-state index in [-0.39, 0.29) is 28.7 Å². The second-order valence-corrected chi connectivity index (χ2v) is 6.84. The van der Waals surface area contributed by atoms with Crippen LogP contribution in [0.5, 0.6) is 5.75 Å². The van der Waals surface area contributed by atoms with Crippen molar-refractivity contribution >= 4 is 12.0 Å². The highest BCUT2D eigenvalue weighted by Gasteiger charge is 2.54. The summed E-state index contributed by atoms with van der Waals surface area (Å²) in [6, 6.07) is 1.85. The normalized spacial score (nSPS) is 24.4. The number of aromatic nitrogens is 2. The van der Waals surface area contributed by atoms with Gasteiger partial charge in [0, 0.05) is 17.4 Å². The number of hydrogen-bond acceptors (Lipinski definition) is 6. The van der Waals surface area contributed by atoms with Gasteiger partial charge in [-0.05, 0) is 24.6 Å². The molecule has 9 heteroatoms. The van der Waals surface area contributed by atoms with Crippen LogP contribution < -0.4 is 5.73 Å². The first kappa shape index (κ1) is 17.7. The van der Waals surface area contributed by atoms with E-state index in [0.717, 1.165) is 19.3 Å². The van der Waals surface area contributed by atoms with Gasteiger partial charge in [-0.25, -0.2) is 9.97 Å². The molecule has 1 aliphatic heterocycles. The van der Waals surface area contributed by atoms with Crippen LogP contribution in [-0.2, 0) is 10.9 Å². The van der Waals surface area contributed by atoms with E-state index in [1.54, 1.807) is 6.21 Å². The van der Waals surface area contributed by atoms with E-state index in [4.69, 9.17) is 10.5 Å². The monoisotopic (exact) mass is 378 g/mol. The Morgan fingerprint density at radius 2 is 2.00 bits per heavy atom. The van der Waals surface area contributed by atoms with Crippen LogP contribution in [0.15, 0.2) is 23.3 Å². The Labute approximate surface area is 152 Å². The van der Waals surface area contributed by atoms with E-state index in [0.29, 0.717) is 23.6 Å². The lowest BCUT2D eigenvalue weighted by atomic mass is 10.0. The smallest absolute Gasteiger partial charge is 0.416 e. The van der Waals surface area contributed by atoms with E-state index in [1.807, 2.05) is 0 Å². The molecule has 2 aromatic rings. The number of rotatable bonds is 3. The Hall–Kier alpha value is -2.68. The van der Waals surface area contributed by atoms with Crippen molar-refractivity contribution in [3.63, 3.8) is 0 Å². The summed E-state index contributed by atoms with van der Waals surface area (Å²) >= 11 is 0. The third-order valence-electron chi connectivity index (χ3n) is 5.00. The molecule has 0 bridgehead atoms. The molecule has 1 aromatic carbocycles. The summed E-state index contributed by atoms with van der Waals surface area (Å²) in [5, 5.41) is 10.1. The molecule has 1 aliphatic carbocycles. The molecule has 2 atom stereocenters. The molecule has 2 heterocycles. The maximum Gasteiger partial charge on any atom is 0.416 e. The van der Waals surface area contributed by atoms with E-state index in [1.165, 1.54) is 13.1 Å². The topological polar surface area (TPSA) is 93.6 Å². The molecule has 2 unspecified atom stereocenters. The highest BCUT2D eigenvalue weighted by atomic mass is 19.4. The molecule has 6 nitrogen and oxygen atoms in total. The number of phenolic OH excluding ortho intramolecular Hbond substituents is 1. The number of hydrogen-bond donors (Lipinski definition) is 2. The number of aliphatic imine (C=N–C) groups is 1. The van der Waals surface area contributed by atoms with Crippen molar-refractivity contribution in [3.8, 4) is 17.0 Å². The molecule has 0 radical (unpaired) electrons. The van der Waals surface area contributed by atoms with Gasteiger partial charge in [-0.15, -0.1) is 0 Å². The lowest BCUT2D eigenvalue weighted by Crippen LogP contribution is -2.07. The van der Waals surface area contributed by atoms with Gasteiger partial charge in [0.25, 0.3) is 0 Å². The zero-order valence-electron chi connectivity index (χ0n) is 14.4. The summed E-state index contributed by atoms with van der Waals surface area (Å²) in [5.41, 5.74) is 5.98. The first-order valence-electron chi connectivity index (χ1n) is 8.40. The Morgan fingerprint density at radius 3 is 2.59 bits per heavy atom. The first-order chi connectivity index (χ1) is 12.8. The van der Waals surface area contributed by atoms with E-state index < -0.39 is 17.5 Å². The SMILES string of the molecule is Cc1cc(C(F)(F)F)cc(O)c1-c1cnc(C=NC2C3COCC32)c(N)n1. The van der Waals surface area contributed by atoms with Gasteiger partial charge in [0.2, 0.25) is 0 Å². The number of fused-ring (bicyclic) bond motifs is 1. The van der Waals surface area contributed by atoms with E-state index in [2.05, 4.69) is 15.0 Å². The van der Waals surface area contributed by atoms with Crippen molar-refractivity contribution < 1.29 is 23.0 Å². The Kier molecular flexibility index (Phi) is 4.06. The largest absolute Gasteiger partial charge is 0.507 e. The van der Waals surface area contributed by atoms with Crippen molar-refractivity contribution in [1.82, 2.24) is 9.97 Å². The molecule has 1 saturated carbocycles. The van der Waals surface area contributed by atoms with Crippen LogP contribution in [0.1, 0.15) is 16.8 Å². The van der Waals surface area contributed by atoms with Crippen LogP contribution in [0.2, 0.25) is 0 Å². The van der Waals surface area contributed by atoms with Gasteiger partial charge in [-0.1, -0.05) is 0 Å². The molecule has 1 aromatic heterocycles. The zero-order valence-corrected chi connectivity index (χ0v) is 14.4. The van der Waals surface area contributed by atoms with Crippen molar-refractivity contribution in [3.05, 3.63) is 35.2 Å². The minimum Gasteiger partial charge on any atom is -0.507 e. The van der Waals surface area contributed by atoms with Gasteiger partial charge in [-0.2, -0.15) is 13.2 Å². The number of alkyl halides is 3. The average molecular weight is 378 g/mol. The summed E-state index contributed by atoms with van der Waals surface area (Å²) < 4.78 is 43.9. The Morgan fingerprint density at radius 1 is 1.30 bits per heavy atom. The van der Waals surface area contributed by atoms with Crippen molar-refractivity contribution in [2.24, 2.45) is 16.8 Å². The number of aryl methyl sites for hydroxylation is 1. The van der Waals surface area contributed by atoms with Crippen LogP contribution >= 0.6 is 0 Å². The van der Waals surface area contributed by atoms with Crippen LogP contribution in [0.4, 0.5) is 19.0 Å². The fourth-order valence-corrected chi connectivity index (χ4v) is 3.49. The van der Waals surface area contributed by atoms with Gasteiger partial charge in [0.05, 0.1) is 42.9 Å². The molecule has 2 aliphatic rings. The lowest BCUT2D eigenvalue weighted by molar-refractivity contribution is -0.137. The molecular weight excluding hydrogens is 361 g/mol. The maximum atomic E-state index is 12.9. The average Bonchev–Trinajstić information content (AvgIpc) is 3.00. The van der Waals surface area contributed by atoms with Gasteiger partial charge in [0.15, 0.2) is 5.82 Å². The summed E-state index contributed by atoms with van der Waals surface area (Å²) in [4.78, 5) is 12.9. The number of aromatic hydroxyl groups is 1. The maximum absolute atomic E-state index is 12.9. The molecule has 3 N–H and O–H groups in total. The van der Waals surface area contributed by atoms with Crippen LogP contribution in [-0.4, -0.2) is 40.5 Å². The molecular formula is C18H17F3N4O2. The predicted octanol–water partition coefficient (Wildman–Crippen LogP) is 2.82. The zero-order chi connectivity index (χ0) is 19.3. The number of halogens is 3. The highest BCUT2D eigenvalue weighted by Crippen LogP contribution is 2.46. The van der Waals surface area contributed by atoms with Crippen molar-refractivity contribution in [2.75, 3.05) is 18.9 Å². The summed E-state index contributed by atoms with van der Waals surface area (Å²) in [6.07, 6.45) is -1.61. The van der Waals surface area contributed by atoms with Gasteiger partial charge >= 0.3 is 6.18 Å². The van der Waals surface area contributed by atoms with Crippen LogP contribution in [0.25, 0.3) is 11.3 Å². The quantitative estimate of drug-likeness (QED) is 0.801. The molecule has 1 saturated heterocycles. The molecule has 142 valence electrons. The lowest BCUT2D eigenvalue weighted by Gasteiger charge is -2.13. The number of nitrogens with zero attached hydrogens (tertiary/aromatic N) is 3. The Bertz CT molecular complexity index is 896. The molecule has 2 fully saturated rings. The minimum absolute atomic E-state index is 0.0945. The van der Waals surface area contributed by atoms with Gasteiger partial charge in [0.1, 0.15) is 11.4 Å². The molecule has 4 rings (SSSR count). The van der Waals surface area contributed by atoms with E-state index >= 15 is 0 Å². The minimum atomic E-state index is -4.54. The van der Waals surface area contributed by atoms with Gasteiger partial charge in [-0.3, -0.25) is 4.99 Å². The number of nitrogens with two attached hydrogens (primary N) is 1. The third kappa shape index (κ3) is 3.23. The summed E-state index contributed by atoms with van der Waals surface area (Å²) in [5.74, 6) is 0.489. The number of anilines is 1. The van der Waals surface area contributed by atoms with Gasteiger partial charge < -0.3 is 15.6 Å². The second kappa shape index (κ2) is 6.19. The summed E-state index contributed by atoms with van der Waals surface area (Å²) in [7, 11) is 0.